The van der Waals surface area contributed by atoms with Crippen molar-refractivity contribution in [3.8, 4) is 5.75 Å². The average Bonchev–Trinajstić information content (AvgIpc) is 2.71. The van der Waals surface area contributed by atoms with Crippen LogP contribution in [0.4, 0.5) is 0 Å². The number of carbonyl (C=O) groups excluding carboxylic acids is 1. The summed E-state index contributed by atoms with van der Waals surface area (Å²) in [5.74, 6) is 0.868. The Bertz CT molecular complexity index is 902. The maximum Gasteiger partial charge on any atom is 0.338 e. The molecule has 0 amide bonds. The van der Waals surface area contributed by atoms with Gasteiger partial charge in [0, 0.05) is 13.1 Å². The van der Waals surface area contributed by atoms with Gasteiger partial charge in [0.1, 0.15) is 19.0 Å². The first-order valence-electron chi connectivity index (χ1n) is 9.81. The number of benzene rings is 2. The Morgan fingerprint density at radius 1 is 0.966 bits per heavy atom. The first-order valence-corrected chi connectivity index (χ1v) is 11.3. The number of para-hydroxylation sites is 1. The Labute approximate surface area is 172 Å². The van der Waals surface area contributed by atoms with Crippen LogP contribution in [0, 0.1) is 11.8 Å². The van der Waals surface area contributed by atoms with Crippen LogP contribution in [0.3, 0.4) is 0 Å². The van der Waals surface area contributed by atoms with Crippen molar-refractivity contribution >= 4 is 16.0 Å². The summed E-state index contributed by atoms with van der Waals surface area (Å²) in [6.07, 6.45) is 1.03. The molecule has 156 valence electrons. The lowest BCUT2D eigenvalue weighted by Crippen LogP contribution is -2.42. The number of sulfonamides is 1. The predicted molar refractivity (Wildman–Crippen MR) is 110 cm³/mol. The number of nitrogens with zero attached hydrogens (tertiary/aromatic N) is 1. The molecule has 0 aromatic heterocycles. The molecule has 3 rings (SSSR count). The second-order valence-electron chi connectivity index (χ2n) is 7.59. The van der Waals surface area contributed by atoms with Crippen LogP contribution in [0.5, 0.6) is 5.75 Å². The van der Waals surface area contributed by atoms with Gasteiger partial charge in [0.05, 0.1) is 10.5 Å². The fourth-order valence-electron chi connectivity index (χ4n) is 3.61. The SMILES string of the molecule is C[C@H]1C[C@H](C)CN(S(=O)(=O)c2ccc(C(=O)OCCOc3ccccc3)cc2)C1. The number of ether oxygens (including phenoxy) is 2. The third-order valence-corrected chi connectivity index (χ3v) is 6.74. The number of carbonyl (C=O) groups is 1. The number of piperidine rings is 1. The molecule has 1 fully saturated rings. The summed E-state index contributed by atoms with van der Waals surface area (Å²) in [6.45, 7) is 5.54. The summed E-state index contributed by atoms with van der Waals surface area (Å²) in [4.78, 5) is 12.4. The Morgan fingerprint density at radius 3 is 2.21 bits per heavy atom. The summed E-state index contributed by atoms with van der Waals surface area (Å²) in [6, 6.07) is 15.2. The highest BCUT2D eigenvalue weighted by Crippen LogP contribution is 2.26. The van der Waals surface area contributed by atoms with Gasteiger partial charge >= 0.3 is 5.97 Å². The standard InChI is InChI=1S/C22H27NO5S/c1-17-14-18(2)16-23(15-17)29(25,26)21-10-8-19(9-11-21)22(24)28-13-12-27-20-6-4-3-5-7-20/h3-11,17-18H,12-16H2,1-2H3/t17-,18-/m0/s1. The molecule has 0 saturated carbocycles. The minimum Gasteiger partial charge on any atom is -0.490 e. The smallest absolute Gasteiger partial charge is 0.338 e. The molecule has 0 unspecified atom stereocenters. The minimum atomic E-state index is -3.56. The van der Waals surface area contributed by atoms with Crippen molar-refractivity contribution in [1.82, 2.24) is 4.31 Å². The van der Waals surface area contributed by atoms with Gasteiger partial charge in [-0.15, -0.1) is 0 Å². The summed E-state index contributed by atoms with van der Waals surface area (Å²) >= 11 is 0. The van der Waals surface area contributed by atoms with Crippen LogP contribution in [-0.4, -0.2) is 45.0 Å². The molecule has 1 heterocycles. The largest absolute Gasteiger partial charge is 0.490 e. The van der Waals surface area contributed by atoms with E-state index in [2.05, 4.69) is 13.8 Å². The van der Waals surface area contributed by atoms with E-state index >= 15 is 0 Å². The van der Waals surface area contributed by atoms with Gasteiger partial charge < -0.3 is 9.47 Å². The van der Waals surface area contributed by atoms with Gasteiger partial charge in [0.2, 0.25) is 10.0 Å². The topological polar surface area (TPSA) is 72.9 Å². The van der Waals surface area contributed by atoms with Crippen molar-refractivity contribution in [2.45, 2.75) is 25.2 Å². The van der Waals surface area contributed by atoms with Crippen molar-refractivity contribution in [1.29, 1.82) is 0 Å². The molecule has 0 aliphatic carbocycles. The lowest BCUT2D eigenvalue weighted by Gasteiger charge is -2.34. The number of hydrogen-bond donors (Lipinski definition) is 0. The van der Waals surface area contributed by atoms with Gasteiger partial charge in [-0.3, -0.25) is 0 Å². The second kappa shape index (κ2) is 9.41. The van der Waals surface area contributed by atoms with Crippen LogP contribution in [0.2, 0.25) is 0 Å². The Kier molecular flexibility index (Phi) is 6.92. The molecular weight excluding hydrogens is 390 g/mol. The number of esters is 1. The maximum atomic E-state index is 12.9. The van der Waals surface area contributed by atoms with Crippen LogP contribution in [0.1, 0.15) is 30.6 Å². The number of rotatable bonds is 7. The van der Waals surface area contributed by atoms with Crippen LogP contribution >= 0.6 is 0 Å². The van der Waals surface area contributed by atoms with Gasteiger partial charge in [-0.1, -0.05) is 32.0 Å². The quantitative estimate of drug-likeness (QED) is 0.508. The third kappa shape index (κ3) is 5.58. The molecule has 6 nitrogen and oxygen atoms in total. The molecule has 1 saturated heterocycles. The van der Waals surface area contributed by atoms with Crippen molar-refractivity contribution in [2.75, 3.05) is 26.3 Å². The third-order valence-electron chi connectivity index (χ3n) is 4.89. The van der Waals surface area contributed by atoms with E-state index in [1.165, 1.54) is 24.3 Å². The first-order chi connectivity index (χ1) is 13.9. The Balaban J connectivity index is 1.55. The molecule has 2 aromatic carbocycles. The lowest BCUT2D eigenvalue weighted by atomic mass is 9.94. The summed E-state index contributed by atoms with van der Waals surface area (Å²) < 4.78 is 38.0. The van der Waals surface area contributed by atoms with Crippen molar-refractivity contribution < 1.29 is 22.7 Å². The average molecular weight is 418 g/mol. The number of hydrogen-bond acceptors (Lipinski definition) is 5. The van der Waals surface area contributed by atoms with Gasteiger partial charge in [0.25, 0.3) is 0 Å². The summed E-state index contributed by atoms with van der Waals surface area (Å²) in [7, 11) is -3.56. The highest BCUT2D eigenvalue weighted by atomic mass is 32.2. The monoisotopic (exact) mass is 417 g/mol. The fraction of sp³-hybridized carbons (Fsp3) is 0.409. The molecule has 2 atom stereocenters. The van der Waals surface area contributed by atoms with Gasteiger partial charge in [-0.25, -0.2) is 13.2 Å². The van der Waals surface area contributed by atoms with Crippen LogP contribution in [-0.2, 0) is 14.8 Å². The summed E-state index contributed by atoms with van der Waals surface area (Å²) in [5, 5.41) is 0. The maximum absolute atomic E-state index is 12.9. The second-order valence-corrected chi connectivity index (χ2v) is 9.53. The molecule has 0 N–H and O–H groups in total. The molecule has 0 bridgehead atoms. The van der Waals surface area contributed by atoms with E-state index in [4.69, 9.17) is 9.47 Å². The van der Waals surface area contributed by atoms with Gasteiger partial charge in [-0.2, -0.15) is 4.31 Å². The highest BCUT2D eigenvalue weighted by Gasteiger charge is 2.31. The molecule has 7 heteroatoms. The molecule has 0 spiro atoms. The van der Waals surface area contributed by atoms with Crippen LogP contribution < -0.4 is 4.74 Å². The summed E-state index contributed by atoms with van der Waals surface area (Å²) in [5.41, 5.74) is 0.309. The van der Waals surface area contributed by atoms with E-state index in [9.17, 15) is 13.2 Å². The van der Waals surface area contributed by atoms with E-state index in [1.807, 2.05) is 30.3 Å². The van der Waals surface area contributed by atoms with E-state index in [0.29, 0.717) is 36.2 Å². The van der Waals surface area contributed by atoms with Crippen molar-refractivity contribution in [3.63, 3.8) is 0 Å². The van der Waals surface area contributed by atoms with Gasteiger partial charge in [-0.05, 0) is 54.7 Å². The zero-order valence-electron chi connectivity index (χ0n) is 16.8. The van der Waals surface area contributed by atoms with Gasteiger partial charge in [0.15, 0.2) is 0 Å². The van der Waals surface area contributed by atoms with Crippen molar-refractivity contribution in [2.24, 2.45) is 11.8 Å². The molecule has 2 aromatic rings. The lowest BCUT2D eigenvalue weighted by molar-refractivity contribution is 0.0450. The van der Waals surface area contributed by atoms with Crippen LogP contribution in [0.25, 0.3) is 0 Å². The van der Waals surface area contributed by atoms with Crippen molar-refractivity contribution in [3.05, 3.63) is 60.2 Å². The molecule has 1 aliphatic heterocycles. The molecule has 0 radical (unpaired) electrons. The van der Waals surface area contributed by atoms with E-state index < -0.39 is 16.0 Å². The van der Waals surface area contributed by atoms with E-state index in [0.717, 1.165) is 6.42 Å². The van der Waals surface area contributed by atoms with Crippen LogP contribution in [0.15, 0.2) is 59.5 Å². The molecule has 29 heavy (non-hydrogen) atoms. The normalized spacial score (nSPS) is 20.2. The van der Waals surface area contributed by atoms with E-state index in [-0.39, 0.29) is 18.1 Å². The molecular formula is C22H27NO5S. The Morgan fingerprint density at radius 2 is 1.59 bits per heavy atom. The highest BCUT2D eigenvalue weighted by molar-refractivity contribution is 7.89. The minimum absolute atomic E-state index is 0.108. The fourth-order valence-corrected chi connectivity index (χ4v) is 5.29. The predicted octanol–water partition coefficient (Wildman–Crippen LogP) is 3.59. The Hall–Kier alpha value is -2.38. The molecule has 1 aliphatic rings. The van der Waals surface area contributed by atoms with E-state index in [1.54, 1.807) is 4.31 Å². The zero-order chi connectivity index (χ0) is 20.9. The zero-order valence-corrected chi connectivity index (χ0v) is 17.6. The first kappa shape index (κ1) is 21.3.